The molecule has 0 saturated carbocycles. The van der Waals surface area contributed by atoms with Gasteiger partial charge in [-0.2, -0.15) is 0 Å². The summed E-state index contributed by atoms with van der Waals surface area (Å²) in [5.74, 6) is 0. The van der Waals surface area contributed by atoms with Gasteiger partial charge in [-0.15, -0.1) is 0 Å². The van der Waals surface area contributed by atoms with E-state index in [9.17, 15) is 0 Å². The van der Waals surface area contributed by atoms with E-state index in [2.05, 4.69) is 86.8 Å². The van der Waals surface area contributed by atoms with Crippen LogP contribution in [0.4, 0.5) is 0 Å². The monoisotopic (exact) mass is 281 g/mol. The molecular weight excluding hydrogens is 254 g/mol. The minimum absolute atomic E-state index is 0.337. The fourth-order valence-electron chi connectivity index (χ4n) is 2.37. The van der Waals surface area contributed by atoms with Crippen molar-refractivity contribution in [2.45, 2.75) is 39.7 Å². The molecule has 2 aromatic rings. The zero-order valence-corrected chi connectivity index (χ0v) is 13.5. The van der Waals surface area contributed by atoms with Crippen molar-refractivity contribution in [1.29, 1.82) is 0 Å². The molecule has 0 aromatic heterocycles. The Morgan fingerprint density at radius 1 is 0.905 bits per heavy atom. The van der Waals surface area contributed by atoms with Crippen LogP contribution in [0.1, 0.15) is 44.4 Å². The van der Waals surface area contributed by atoms with Crippen molar-refractivity contribution in [3.05, 3.63) is 71.8 Å². The SMILES string of the molecule is CCC(C)(C)CNC(Cc1ccccc1)c1ccccc1. The first-order chi connectivity index (χ1) is 10.1. The maximum atomic E-state index is 3.78. The molecule has 112 valence electrons. The van der Waals surface area contributed by atoms with Gasteiger partial charge in [-0.05, 0) is 29.4 Å². The van der Waals surface area contributed by atoms with Crippen molar-refractivity contribution in [3.63, 3.8) is 0 Å². The maximum Gasteiger partial charge on any atom is 0.0361 e. The van der Waals surface area contributed by atoms with Gasteiger partial charge >= 0.3 is 0 Å². The maximum absolute atomic E-state index is 3.78. The van der Waals surface area contributed by atoms with Gasteiger partial charge in [0.05, 0.1) is 0 Å². The van der Waals surface area contributed by atoms with Crippen LogP contribution in [0.2, 0.25) is 0 Å². The molecule has 0 spiro atoms. The third-order valence-electron chi connectivity index (χ3n) is 4.27. The molecular formula is C20H27N. The van der Waals surface area contributed by atoms with Gasteiger partial charge in [0.15, 0.2) is 0 Å². The summed E-state index contributed by atoms with van der Waals surface area (Å²) < 4.78 is 0. The van der Waals surface area contributed by atoms with Gasteiger partial charge in [-0.1, -0.05) is 81.4 Å². The quantitative estimate of drug-likeness (QED) is 0.753. The highest BCUT2D eigenvalue weighted by molar-refractivity contribution is 5.23. The second-order valence-corrected chi connectivity index (χ2v) is 6.55. The topological polar surface area (TPSA) is 12.0 Å². The molecule has 2 aromatic carbocycles. The molecule has 1 heteroatoms. The first kappa shape index (κ1) is 15.8. The summed E-state index contributed by atoms with van der Waals surface area (Å²) in [6.07, 6.45) is 2.22. The fourth-order valence-corrected chi connectivity index (χ4v) is 2.37. The van der Waals surface area contributed by atoms with Crippen molar-refractivity contribution in [2.24, 2.45) is 5.41 Å². The number of benzene rings is 2. The smallest absolute Gasteiger partial charge is 0.0361 e. The molecule has 21 heavy (non-hydrogen) atoms. The van der Waals surface area contributed by atoms with Gasteiger partial charge in [0.1, 0.15) is 0 Å². The van der Waals surface area contributed by atoms with Crippen molar-refractivity contribution in [3.8, 4) is 0 Å². The number of rotatable bonds is 7. The molecule has 1 nitrogen and oxygen atoms in total. The Hall–Kier alpha value is -1.60. The summed E-state index contributed by atoms with van der Waals surface area (Å²) in [5, 5.41) is 3.78. The van der Waals surface area contributed by atoms with Crippen LogP contribution >= 0.6 is 0 Å². The Bertz CT molecular complexity index is 516. The van der Waals surface area contributed by atoms with E-state index in [1.165, 1.54) is 17.5 Å². The first-order valence-corrected chi connectivity index (χ1v) is 7.93. The number of nitrogens with one attached hydrogen (secondary N) is 1. The first-order valence-electron chi connectivity index (χ1n) is 7.93. The summed E-state index contributed by atoms with van der Waals surface area (Å²) in [4.78, 5) is 0. The Morgan fingerprint density at radius 2 is 1.48 bits per heavy atom. The summed E-state index contributed by atoms with van der Waals surface area (Å²) in [6.45, 7) is 7.95. The lowest BCUT2D eigenvalue weighted by atomic mass is 9.89. The summed E-state index contributed by atoms with van der Waals surface area (Å²) in [7, 11) is 0. The van der Waals surface area contributed by atoms with Crippen molar-refractivity contribution < 1.29 is 0 Å². The van der Waals surface area contributed by atoms with Gasteiger partial charge in [0.2, 0.25) is 0 Å². The highest BCUT2D eigenvalue weighted by atomic mass is 14.9. The molecule has 0 heterocycles. The highest BCUT2D eigenvalue weighted by Gasteiger charge is 2.18. The van der Waals surface area contributed by atoms with Crippen LogP contribution in [0, 0.1) is 5.41 Å². The van der Waals surface area contributed by atoms with E-state index in [0.717, 1.165) is 13.0 Å². The van der Waals surface area contributed by atoms with Crippen LogP contribution < -0.4 is 5.32 Å². The summed E-state index contributed by atoms with van der Waals surface area (Å²) >= 11 is 0. The predicted octanol–water partition coefficient (Wildman–Crippen LogP) is 5.00. The molecule has 1 atom stereocenters. The largest absolute Gasteiger partial charge is 0.309 e. The Kier molecular flexibility index (Phi) is 5.58. The lowest BCUT2D eigenvalue weighted by molar-refractivity contribution is 0.308. The molecule has 0 aliphatic carbocycles. The lowest BCUT2D eigenvalue weighted by Crippen LogP contribution is -2.33. The molecule has 1 unspecified atom stereocenters. The van der Waals surface area contributed by atoms with Crippen LogP contribution in [0.25, 0.3) is 0 Å². The van der Waals surface area contributed by atoms with Crippen molar-refractivity contribution >= 4 is 0 Å². The average molecular weight is 281 g/mol. The summed E-state index contributed by atoms with van der Waals surface area (Å²) in [5.41, 5.74) is 3.09. The van der Waals surface area contributed by atoms with Gasteiger partial charge in [0.25, 0.3) is 0 Å². The van der Waals surface area contributed by atoms with Gasteiger partial charge in [-0.3, -0.25) is 0 Å². The standard InChI is InChI=1S/C20H27N/c1-4-20(2,3)16-21-19(18-13-9-6-10-14-18)15-17-11-7-5-8-12-17/h5-14,19,21H,4,15-16H2,1-3H3. The predicted molar refractivity (Wildman–Crippen MR) is 91.4 cm³/mol. The fraction of sp³-hybridized carbons (Fsp3) is 0.400. The van der Waals surface area contributed by atoms with E-state index in [1.54, 1.807) is 0 Å². The normalized spacial score (nSPS) is 13.1. The molecule has 0 saturated heterocycles. The average Bonchev–Trinajstić information content (AvgIpc) is 2.53. The van der Waals surface area contributed by atoms with Gasteiger partial charge in [0, 0.05) is 12.6 Å². The van der Waals surface area contributed by atoms with Gasteiger partial charge < -0.3 is 5.32 Å². The number of hydrogen-bond donors (Lipinski definition) is 1. The van der Waals surface area contributed by atoms with E-state index < -0.39 is 0 Å². The highest BCUT2D eigenvalue weighted by Crippen LogP contribution is 2.23. The second-order valence-electron chi connectivity index (χ2n) is 6.55. The van der Waals surface area contributed by atoms with Crippen LogP contribution in [0.15, 0.2) is 60.7 Å². The van der Waals surface area contributed by atoms with Gasteiger partial charge in [-0.25, -0.2) is 0 Å². The van der Waals surface area contributed by atoms with Crippen LogP contribution in [0.5, 0.6) is 0 Å². The second kappa shape index (κ2) is 7.42. The minimum Gasteiger partial charge on any atom is -0.309 e. The molecule has 0 fully saturated rings. The van der Waals surface area contributed by atoms with E-state index in [0.29, 0.717) is 11.5 Å². The zero-order chi connectivity index (χ0) is 15.1. The van der Waals surface area contributed by atoms with E-state index >= 15 is 0 Å². The third-order valence-corrected chi connectivity index (χ3v) is 4.27. The molecule has 0 aliphatic heterocycles. The Morgan fingerprint density at radius 3 is 2.05 bits per heavy atom. The van der Waals surface area contributed by atoms with Crippen molar-refractivity contribution in [1.82, 2.24) is 5.32 Å². The molecule has 2 rings (SSSR count). The number of hydrogen-bond acceptors (Lipinski definition) is 1. The Labute approximate surface area is 129 Å². The molecule has 0 amide bonds. The van der Waals surface area contributed by atoms with Crippen LogP contribution in [0.3, 0.4) is 0 Å². The lowest BCUT2D eigenvalue weighted by Gasteiger charge is -2.28. The third kappa shape index (κ3) is 5.02. The van der Waals surface area contributed by atoms with E-state index in [-0.39, 0.29) is 0 Å². The van der Waals surface area contributed by atoms with Crippen LogP contribution in [-0.2, 0) is 6.42 Å². The van der Waals surface area contributed by atoms with Crippen LogP contribution in [-0.4, -0.2) is 6.54 Å². The van der Waals surface area contributed by atoms with E-state index in [4.69, 9.17) is 0 Å². The summed E-state index contributed by atoms with van der Waals surface area (Å²) in [6, 6.07) is 21.9. The van der Waals surface area contributed by atoms with Crippen molar-refractivity contribution in [2.75, 3.05) is 6.54 Å². The zero-order valence-electron chi connectivity index (χ0n) is 13.5. The molecule has 0 aliphatic rings. The molecule has 1 N–H and O–H groups in total. The Balaban J connectivity index is 2.11. The van der Waals surface area contributed by atoms with E-state index in [1.807, 2.05) is 0 Å². The molecule has 0 bridgehead atoms. The molecule has 0 radical (unpaired) electrons. The minimum atomic E-state index is 0.337.